The van der Waals surface area contributed by atoms with Gasteiger partial charge in [0.25, 0.3) is 0 Å². The van der Waals surface area contributed by atoms with Crippen molar-refractivity contribution in [3.8, 4) is 22.7 Å². The summed E-state index contributed by atoms with van der Waals surface area (Å²) in [4.78, 5) is 43.2. The minimum atomic E-state index is -3.87. The van der Waals surface area contributed by atoms with Crippen LogP contribution < -0.4 is 10.6 Å². The molecule has 3 aromatic heterocycles. The molecule has 0 radical (unpaired) electrons. The molecular formula is C31H30ClFN6O5S. The molecule has 234 valence electrons. The van der Waals surface area contributed by atoms with Crippen LogP contribution in [0.3, 0.4) is 0 Å². The molecule has 2 fully saturated rings. The van der Waals surface area contributed by atoms with E-state index in [1.165, 1.54) is 36.5 Å². The Morgan fingerprint density at radius 2 is 1.96 bits per heavy atom. The van der Waals surface area contributed by atoms with Crippen molar-refractivity contribution in [3.05, 3.63) is 76.2 Å². The van der Waals surface area contributed by atoms with Crippen LogP contribution in [0.1, 0.15) is 31.9 Å². The molecule has 1 aliphatic carbocycles. The molecule has 1 amide bonds. The first-order valence-electron chi connectivity index (χ1n) is 14.4. The van der Waals surface area contributed by atoms with Crippen LogP contribution in [0.15, 0.2) is 58.9 Å². The van der Waals surface area contributed by atoms with E-state index in [1.54, 1.807) is 11.8 Å². The summed E-state index contributed by atoms with van der Waals surface area (Å²) in [5.41, 5.74) is -1.09. The fourth-order valence-corrected chi connectivity index (χ4v) is 8.27. The first-order valence-corrected chi connectivity index (χ1v) is 16.4. The van der Waals surface area contributed by atoms with Crippen molar-refractivity contribution in [3.63, 3.8) is 0 Å². The number of phenols is 1. The molecule has 1 saturated carbocycles. The van der Waals surface area contributed by atoms with Gasteiger partial charge in [0.1, 0.15) is 17.4 Å². The third kappa shape index (κ3) is 5.13. The number of halogens is 2. The lowest BCUT2D eigenvalue weighted by Gasteiger charge is -2.40. The molecule has 1 atom stereocenters. The molecule has 2 aliphatic rings. The Hall–Kier alpha value is -4.36. The Morgan fingerprint density at radius 3 is 2.60 bits per heavy atom. The van der Waals surface area contributed by atoms with Crippen LogP contribution in [0.2, 0.25) is 5.02 Å². The second-order valence-corrected chi connectivity index (χ2v) is 13.9. The highest BCUT2D eigenvalue weighted by Gasteiger charge is 2.37. The summed E-state index contributed by atoms with van der Waals surface area (Å²) >= 11 is 6.71. The third-order valence-corrected chi connectivity index (χ3v) is 11.1. The van der Waals surface area contributed by atoms with Gasteiger partial charge < -0.3 is 14.9 Å². The van der Waals surface area contributed by atoms with Crippen LogP contribution in [0.25, 0.3) is 28.0 Å². The largest absolute Gasteiger partial charge is 0.507 e. The van der Waals surface area contributed by atoms with Gasteiger partial charge in [0.2, 0.25) is 5.91 Å². The van der Waals surface area contributed by atoms with Crippen molar-refractivity contribution < 1.29 is 22.7 Å². The first kappa shape index (κ1) is 30.7. The van der Waals surface area contributed by atoms with Gasteiger partial charge in [0.15, 0.2) is 15.5 Å². The first-order chi connectivity index (χ1) is 21.4. The zero-order valence-electron chi connectivity index (χ0n) is 24.6. The van der Waals surface area contributed by atoms with E-state index in [1.807, 2.05) is 11.8 Å². The predicted molar refractivity (Wildman–Crippen MR) is 168 cm³/mol. The maximum atomic E-state index is 15.1. The number of pyridine rings is 2. The van der Waals surface area contributed by atoms with Crippen molar-refractivity contribution in [1.82, 2.24) is 24.4 Å². The topological polar surface area (TPSA) is 139 Å². The fraction of sp³-hybridized carbons (Fsp3) is 0.323. The SMILES string of the molecule is C=CC(=O)N1CCN(c2nc(=O)n(-c3c(S(=O)(=O)C4CCC4)ccnc3C)c3nc(-c4c(O)cccc4F)c(Cl)cc23)[C@@H](C)C1. The summed E-state index contributed by atoms with van der Waals surface area (Å²) < 4.78 is 43.7. The average Bonchev–Trinajstić information content (AvgIpc) is 2.96. The third-order valence-electron chi connectivity index (χ3n) is 8.51. The molecule has 4 aromatic rings. The van der Waals surface area contributed by atoms with E-state index in [2.05, 4.69) is 21.5 Å². The average molecular weight is 653 g/mol. The number of carbonyl (C=O) groups excluding carboxylic acids is 1. The number of fused-ring (bicyclic) bond motifs is 1. The minimum Gasteiger partial charge on any atom is -0.507 e. The van der Waals surface area contributed by atoms with E-state index in [0.717, 1.165) is 17.1 Å². The van der Waals surface area contributed by atoms with Gasteiger partial charge in [-0.25, -0.2) is 27.2 Å². The van der Waals surface area contributed by atoms with Crippen LogP contribution in [-0.4, -0.2) is 74.8 Å². The number of aromatic nitrogens is 4. The Labute approximate surface area is 263 Å². The molecule has 45 heavy (non-hydrogen) atoms. The molecule has 11 nitrogen and oxygen atoms in total. The second-order valence-electron chi connectivity index (χ2n) is 11.2. The molecule has 6 rings (SSSR count). The number of carbonyl (C=O) groups is 1. The van der Waals surface area contributed by atoms with Gasteiger partial charge in [-0.1, -0.05) is 30.7 Å². The van der Waals surface area contributed by atoms with Crippen LogP contribution in [0.4, 0.5) is 10.2 Å². The number of nitrogens with zero attached hydrogens (tertiary/aromatic N) is 6. The highest BCUT2D eigenvalue weighted by atomic mass is 35.5. The van der Waals surface area contributed by atoms with Crippen LogP contribution >= 0.6 is 11.6 Å². The molecule has 1 saturated heterocycles. The van der Waals surface area contributed by atoms with E-state index >= 15 is 4.39 Å². The number of amides is 1. The maximum Gasteiger partial charge on any atom is 0.355 e. The summed E-state index contributed by atoms with van der Waals surface area (Å²) in [7, 11) is -3.87. The van der Waals surface area contributed by atoms with Crippen LogP contribution in [0, 0.1) is 12.7 Å². The monoisotopic (exact) mass is 652 g/mol. The summed E-state index contributed by atoms with van der Waals surface area (Å²) in [5, 5.41) is 10.2. The summed E-state index contributed by atoms with van der Waals surface area (Å²) in [6.07, 6.45) is 4.39. The van der Waals surface area contributed by atoms with E-state index in [-0.39, 0.29) is 61.4 Å². The number of phenolic OH excluding ortho intramolecular Hbond substituents is 1. The van der Waals surface area contributed by atoms with E-state index in [0.29, 0.717) is 32.5 Å². The van der Waals surface area contributed by atoms with Crippen LogP contribution in [-0.2, 0) is 14.6 Å². The molecule has 0 bridgehead atoms. The Kier molecular flexibility index (Phi) is 7.86. The standard InChI is InChI=1S/C31H30ClFN6O5S/c1-4-25(41)37-13-14-38(17(2)16-37)29-20-15-21(32)27(26-22(33)9-6-10-23(26)40)35-30(20)39(31(42)36-29)28-18(3)34-12-11-24(28)45(43,44)19-7-5-8-19/h4,6,9-12,15,17,19,40H,1,5,7-8,13-14,16H2,2-3H3/t17-/m0/s1. The van der Waals surface area contributed by atoms with Gasteiger partial charge >= 0.3 is 5.69 Å². The number of aromatic hydroxyl groups is 1. The number of hydrogen-bond donors (Lipinski definition) is 1. The zero-order valence-corrected chi connectivity index (χ0v) is 26.1. The van der Waals surface area contributed by atoms with Gasteiger partial charge in [-0.2, -0.15) is 4.98 Å². The molecule has 1 aromatic carbocycles. The highest BCUT2D eigenvalue weighted by molar-refractivity contribution is 7.92. The van der Waals surface area contributed by atoms with Crippen molar-refractivity contribution in [2.45, 2.75) is 49.3 Å². The van der Waals surface area contributed by atoms with Gasteiger partial charge in [0, 0.05) is 31.9 Å². The minimum absolute atomic E-state index is 0.00794. The van der Waals surface area contributed by atoms with Gasteiger partial charge in [-0.15, -0.1) is 0 Å². The Bertz CT molecular complexity index is 2030. The van der Waals surface area contributed by atoms with E-state index in [4.69, 9.17) is 11.6 Å². The van der Waals surface area contributed by atoms with Crippen molar-refractivity contribution >= 4 is 44.2 Å². The van der Waals surface area contributed by atoms with Crippen molar-refractivity contribution in [2.75, 3.05) is 24.5 Å². The molecule has 4 heterocycles. The van der Waals surface area contributed by atoms with Crippen LogP contribution in [0.5, 0.6) is 5.75 Å². The number of aryl methyl sites for hydroxylation is 1. The van der Waals surface area contributed by atoms with Crippen molar-refractivity contribution in [2.24, 2.45) is 0 Å². The predicted octanol–water partition coefficient (Wildman–Crippen LogP) is 4.20. The highest BCUT2D eigenvalue weighted by Crippen LogP contribution is 2.40. The summed E-state index contributed by atoms with van der Waals surface area (Å²) in [5.74, 6) is -1.22. The molecule has 1 aliphatic heterocycles. The Balaban J connectivity index is 1.66. The lowest BCUT2D eigenvalue weighted by Crippen LogP contribution is -2.54. The zero-order chi connectivity index (χ0) is 32.2. The lowest BCUT2D eigenvalue weighted by molar-refractivity contribution is -0.126. The Morgan fingerprint density at radius 1 is 1.20 bits per heavy atom. The van der Waals surface area contributed by atoms with Gasteiger partial charge in [-0.3, -0.25) is 9.78 Å². The molecular weight excluding hydrogens is 623 g/mol. The number of rotatable bonds is 6. The quantitative estimate of drug-likeness (QED) is 0.304. The number of anilines is 1. The fourth-order valence-electron chi connectivity index (χ4n) is 5.95. The van der Waals surface area contributed by atoms with Gasteiger partial charge in [0.05, 0.1) is 43.2 Å². The summed E-state index contributed by atoms with van der Waals surface area (Å²) in [6, 6.07) is 6.30. The molecule has 0 spiro atoms. The summed E-state index contributed by atoms with van der Waals surface area (Å²) in [6.45, 7) is 7.98. The number of hydrogen-bond acceptors (Lipinski definition) is 9. The number of sulfone groups is 1. The van der Waals surface area contributed by atoms with Gasteiger partial charge in [-0.05, 0) is 57.0 Å². The lowest BCUT2D eigenvalue weighted by atomic mass is 10.00. The van der Waals surface area contributed by atoms with E-state index in [9.17, 15) is 23.1 Å². The molecule has 1 N–H and O–H groups in total. The molecule has 0 unspecified atom stereocenters. The molecule has 14 heteroatoms. The normalized spacial score (nSPS) is 17.4. The number of benzene rings is 1. The smallest absolute Gasteiger partial charge is 0.355 e. The number of piperazine rings is 1. The van der Waals surface area contributed by atoms with Crippen molar-refractivity contribution in [1.29, 1.82) is 0 Å². The van der Waals surface area contributed by atoms with E-state index < -0.39 is 32.3 Å². The maximum absolute atomic E-state index is 15.1. The second kappa shape index (κ2) is 11.5.